The van der Waals surface area contributed by atoms with E-state index in [0.29, 0.717) is 19.4 Å². The molecule has 4 heteroatoms. The van der Waals surface area contributed by atoms with E-state index < -0.39 is 0 Å². The van der Waals surface area contributed by atoms with E-state index in [9.17, 15) is 9.59 Å². The van der Waals surface area contributed by atoms with Crippen molar-refractivity contribution in [2.45, 2.75) is 64.2 Å². The number of fused-ring (bicyclic) bond motifs is 1. The lowest BCUT2D eigenvalue weighted by atomic mass is 9.89. The molecule has 0 atom stereocenters. The van der Waals surface area contributed by atoms with E-state index in [1.807, 2.05) is 12.1 Å². The van der Waals surface area contributed by atoms with E-state index in [2.05, 4.69) is 16.3 Å². The van der Waals surface area contributed by atoms with Gasteiger partial charge in [0.1, 0.15) is 0 Å². The van der Waals surface area contributed by atoms with Gasteiger partial charge in [0.15, 0.2) is 5.78 Å². The van der Waals surface area contributed by atoms with Crippen LogP contribution in [0.4, 0.5) is 0 Å². The number of hydrogen-bond acceptors (Lipinski definition) is 3. The van der Waals surface area contributed by atoms with Crippen LogP contribution in [-0.2, 0) is 17.6 Å². The van der Waals surface area contributed by atoms with Gasteiger partial charge in [-0.1, -0.05) is 18.6 Å². The second-order valence-electron chi connectivity index (χ2n) is 7.72. The lowest BCUT2D eigenvalue weighted by Gasteiger charge is -2.26. The highest BCUT2D eigenvalue weighted by atomic mass is 16.2. The highest BCUT2D eigenvalue weighted by Crippen LogP contribution is 2.22. The zero-order chi connectivity index (χ0) is 18.2. The number of likely N-dealkylation sites (tertiary alicyclic amines) is 1. The van der Waals surface area contributed by atoms with Crippen LogP contribution in [0.15, 0.2) is 18.2 Å². The predicted molar refractivity (Wildman–Crippen MR) is 105 cm³/mol. The van der Waals surface area contributed by atoms with Crippen LogP contribution >= 0.6 is 0 Å². The molecule has 1 aliphatic carbocycles. The van der Waals surface area contributed by atoms with Gasteiger partial charge < -0.3 is 10.2 Å². The van der Waals surface area contributed by atoms with Gasteiger partial charge in [0.05, 0.1) is 0 Å². The molecular formula is C22H32N2O2. The van der Waals surface area contributed by atoms with Gasteiger partial charge in [0.2, 0.25) is 5.91 Å². The van der Waals surface area contributed by atoms with E-state index in [4.69, 9.17) is 0 Å². The van der Waals surface area contributed by atoms with E-state index in [0.717, 1.165) is 31.4 Å². The Balaban J connectivity index is 1.34. The van der Waals surface area contributed by atoms with Crippen LogP contribution in [-0.4, -0.2) is 42.8 Å². The van der Waals surface area contributed by atoms with Crippen LogP contribution in [0.3, 0.4) is 0 Å². The fraction of sp³-hybridized carbons (Fsp3) is 0.636. The zero-order valence-corrected chi connectivity index (χ0v) is 15.9. The Kier molecular flexibility index (Phi) is 7.24. The van der Waals surface area contributed by atoms with Crippen LogP contribution in [0.25, 0.3) is 0 Å². The Labute approximate surface area is 157 Å². The summed E-state index contributed by atoms with van der Waals surface area (Å²) in [6.45, 7) is 4.17. The van der Waals surface area contributed by atoms with Crippen molar-refractivity contribution >= 4 is 11.7 Å². The van der Waals surface area contributed by atoms with Crippen molar-refractivity contribution in [2.24, 2.45) is 0 Å². The topological polar surface area (TPSA) is 49.4 Å². The Morgan fingerprint density at radius 1 is 0.923 bits per heavy atom. The molecule has 1 heterocycles. The largest absolute Gasteiger partial charge is 0.356 e. The summed E-state index contributed by atoms with van der Waals surface area (Å²) in [5.41, 5.74) is 3.48. The standard InChI is InChI=1S/C22H32N2O2/c25-21(20-10-9-18-7-2-3-8-19(18)17-20)11-12-22(26)23-13-6-16-24-14-4-1-5-15-24/h9-10,17H,1-8,11-16H2,(H,23,26). The van der Waals surface area contributed by atoms with E-state index in [1.54, 1.807) is 0 Å². The van der Waals surface area contributed by atoms with Gasteiger partial charge in [0, 0.05) is 24.9 Å². The van der Waals surface area contributed by atoms with Crippen molar-refractivity contribution in [3.8, 4) is 0 Å². The number of ketones is 1. The average Bonchev–Trinajstić information content (AvgIpc) is 2.70. The molecule has 1 N–H and O–H groups in total. The number of aryl methyl sites for hydroxylation is 2. The molecule has 0 saturated carbocycles. The van der Waals surface area contributed by atoms with Crippen LogP contribution < -0.4 is 5.32 Å². The van der Waals surface area contributed by atoms with Gasteiger partial charge in [0.25, 0.3) is 0 Å². The molecule has 0 spiro atoms. The van der Waals surface area contributed by atoms with Gasteiger partial charge in [-0.25, -0.2) is 0 Å². The third-order valence-electron chi connectivity index (χ3n) is 5.67. The Bertz CT molecular complexity index is 621. The molecule has 142 valence electrons. The maximum absolute atomic E-state index is 12.4. The SMILES string of the molecule is O=C(CCC(=O)c1ccc2c(c1)CCCC2)NCCCN1CCCCC1. The average molecular weight is 357 g/mol. The normalized spacial score (nSPS) is 17.5. The minimum atomic E-state index is -0.00467. The molecule has 3 rings (SSSR count). The number of rotatable bonds is 8. The van der Waals surface area contributed by atoms with Crippen LogP contribution in [0, 0.1) is 0 Å². The minimum Gasteiger partial charge on any atom is -0.356 e. The van der Waals surface area contributed by atoms with Crippen LogP contribution in [0.5, 0.6) is 0 Å². The fourth-order valence-corrected chi connectivity index (χ4v) is 4.08. The lowest BCUT2D eigenvalue weighted by Crippen LogP contribution is -2.33. The molecular weight excluding hydrogens is 324 g/mol. The van der Waals surface area contributed by atoms with Crippen molar-refractivity contribution in [2.75, 3.05) is 26.2 Å². The molecule has 0 radical (unpaired) electrons. The van der Waals surface area contributed by atoms with Gasteiger partial charge in [-0.3, -0.25) is 9.59 Å². The molecule has 1 aromatic carbocycles. The molecule has 26 heavy (non-hydrogen) atoms. The quantitative estimate of drug-likeness (QED) is 0.573. The van der Waals surface area contributed by atoms with Crippen molar-refractivity contribution in [3.05, 3.63) is 34.9 Å². The molecule has 1 saturated heterocycles. The van der Waals surface area contributed by atoms with Gasteiger partial charge >= 0.3 is 0 Å². The number of Topliss-reactive ketones (excluding diaryl/α,β-unsaturated/α-hetero) is 1. The maximum atomic E-state index is 12.4. The fourth-order valence-electron chi connectivity index (χ4n) is 4.08. The molecule has 0 aromatic heterocycles. The summed E-state index contributed by atoms with van der Waals surface area (Å²) in [4.78, 5) is 26.9. The molecule has 2 aliphatic rings. The number of nitrogens with zero attached hydrogens (tertiary/aromatic N) is 1. The first-order valence-corrected chi connectivity index (χ1v) is 10.4. The van der Waals surface area contributed by atoms with Gasteiger partial charge in [-0.05, 0) is 81.8 Å². The summed E-state index contributed by atoms with van der Waals surface area (Å²) < 4.78 is 0. The summed E-state index contributed by atoms with van der Waals surface area (Å²) in [6, 6.07) is 6.08. The van der Waals surface area contributed by atoms with Crippen molar-refractivity contribution in [3.63, 3.8) is 0 Å². The monoisotopic (exact) mass is 356 g/mol. The number of nitrogens with one attached hydrogen (secondary N) is 1. The maximum Gasteiger partial charge on any atom is 0.220 e. The molecule has 1 amide bonds. The predicted octanol–water partition coefficient (Wildman–Crippen LogP) is 3.52. The molecule has 0 unspecified atom stereocenters. The van der Waals surface area contributed by atoms with Crippen LogP contribution in [0.1, 0.15) is 72.9 Å². The first-order chi connectivity index (χ1) is 12.7. The molecule has 1 aromatic rings. The summed E-state index contributed by atoms with van der Waals surface area (Å²) in [6.07, 6.45) is 10.2. The van der Waals surface area contributed by atoms with Crippen LogP contribution in [0.2, 0.25) is 0 Å². The van der Waals surface area contributed by atoms with E-state index in [-0.39, 0.29) is 11.7 Å². The van der Waals surface area contributed by atoms with Gasteiger partial charge in [-0.15, -0.1) is 0 Å². The Hall–Kier alpha value is -1.68. The molecule has 1 fully saturated rings. The minimum absolute atomic E-state index is 0.00467. The third-order valence-corrected chi connectivity index (χ3v) is 5.67. The number of amides is 1. The molecule has 1 aliphatic heterocycles. The van der Waals surface area contributed by atoms with Crippen molar-refractivity contribution in [1.82, 2.24) is 10.2 Å². The van der Waals surface area contributed by atoms with Crippen molar-refractivity contribution < 1.29 is 9.59 Å². The first kappa shape index (κ1) is 19.1. The number of carbonyl (C=O) groups is 2. The highest BCUT2D eigenvalue weighted by molar-refractivity contribution is 5.98. The van der Waals surface area contributed by atoms with E-state index >= 15 is 0 Å². The summed E-state index contributed by atoms with van der Waals surface area (Å²) in [5, 5.41) is 2.96. The lowest BCUT2D eigenvalue weighted by molar-refractivity contribution is -0.121. The second kappa shape index (κ2) is 9.86. The number of hydrogen-bond donors (Lipinski definition) is 1. The Morgan fingerprint density at radius 2 is 1.69 bits per heavy atom. The van der Waals surface area contributed by atoms with E-state index in [1.165, 1.54) is 56.3 Å². The highest BCUT2D eigenvalue weighted by Gasteiger charge is 2.14. The molecule has 0 bridgehead atoms. The number of carbonyl (C=O) groups excluding carboxylic acids is 2. The number of benzene rings is 1. The number of piperidine rings is 1. The zero-order valence-electron chi connectivity index (χ0n) is 15.9. The first-order valence-electron chi connectivity index (χ1n) is 10.4. The summed E-state index contributed by atoms with van der Waals surface area (Å²) in [7, 11) is 0. The summed E-state index contributed by atoms with van der Waals surface area (Å²) in [5.74, 6) is 0.0804. The second-order valence-corrected chi connectivity index (χ2v) is 7.72. The Morgan fingerprint density at radius 3 is 2.50 bits per heavy atom. The smallest absolute Gasteiger partial charge is 0.220 e. The summed E-state index contributed by atoms with van der Waals surface area (Å²) >= 11 is 0. The van der Waals surface area contributed by atoms with Gasteiger partial charge in [-0.2, -0.15) is 0 Å². The molecule has 4 nitrogen and oxygen atoms in total. The van der Waals surface area contributed by atoms with Crippen molar-refractivity contribution in [1.29, 1.82) is 0 Å². The third kappa shape index (κ3) is 5.66.